The third kappa shape index (κ3) is 1.25. The van der Waals surface area contributed by atoms with Crippen molar-refractivity contribution in [3.05, 3.63) is 18.2 Å². The van der Waals surface area contributed by atoms with Gasteiger partial charge < -0.3 is 15.9 Å². The molecule has 0 atom stereocenters. The Bertz CT molecular complexity index is 172. The number of phenolic OH excluding ortho intramolecular Hbond substituents is 2. The predicted molar refractivity (Wildman–Crippen MR) is 33.0 cm³/mol. The van der Waals surface area contributed by atoms with Crippen LogP contribution in [0.1, 0.15) is 0 Å². The minimum absolute atomic E-state index is 0.0521. The molecule has 1 aromatic rings. The van der Waals surface area contributed by atoms with Crippen LogP contribution in [0, 0.1) is 6.07 Å². The van der Waals surface area contributed by atoms with Crippen LogP contribution < -0.4 is 5.73 Å². The molecule has 0 aliphatic carbocycles. The Kier molecular flexibility index (Phi) is 1.18. The van der Waals surface area contributed by atoms with Gasteiger partial charge >= 0.3 is 0 Å². The lowest BCUT2D eigenvalue weighted by molar-refractivity contribution is 0.450. The number of anilines is 1. The van der Waals surface area contributed by atoms with Gasteiger partial charge in [-0.3, -0.25) is 0 Å². The van der Waals surface area contributed by atoms with E-state index < -0.39 is 0 Å². The molecule has 0 bridgehead atoms. The topological polar surface area (TPSA) is 66.5 Å². The Hall–Kier alpha value is -1.38. The van der Waals surface area contributed by atoms with Crippen LogP contribution in [0.4, 0.5) is 5.69 Å². The summed E-state index contributed by atoms with van der Waals surface area (Å²) in [6.45, 7) is 0. The summed E-state index contributed by atoms with van der Waals surface area (Å²) in [5.41, 5.74) is 5.41. The molecule has 0 saturated carbocycles. The highest BCUT2D eigenvalue weighted by Crippen LogP contribution is 2.20. The minimum atomic E-state index is -0.146. The summed E-state index contributed by atoms with van der Waals surface area (Å²) in [5, 5.41) is 17.4. The van der Waals surface area contributed by atoms with Crippen LogP contribution in [0.15, 0.2) is 12.1 Å². The second kappa shape index (κ2) is 1.85. The van der Waals surface area contributed by atoms with Gasteiger partial charge in [0.15, 0.2) is 0 Å². The Morgan fingerprint density at radius 3 is 2.44 bits per heavy atom. The molecule has 0 heterocycles. The largest absolute Gasteiger partial charge is 0.508 e. The highest BCUT2D eigenvalue weighted by atomic mass is 16.3. The van der Waals surface area contributed by atoms with Crippen LogP contribution in [-0.4, -0.2) is 10.2 Å². The Morgan fingerprint density at radius 2 is 2.00 bits per heavy atom. The molecule has 1 rings (SSSR count). The third-order valence-electron chi connectivity index (χ3n) is 0.860. The molecule has 3 heteroatoms. The third-order valence-corrected chi connectivity index (χ3v) is 0.860. The lowest BCUT2D eigenvalue weighted by atomic mass is 10.3. The van der Waals surface area contributed by atoms with Crippen LogP contribution in [0.2, 0.25) is 0 Å². The number of benzene rings is 1. The number of phenols is 2. The van der Waals surface area contributed by atoms with E-state index in [4.69, 9.17) is 15.9 Å². The van der Waals surface area contributed by atoms with E-state index in [2.05, 4.69) is 6.07 Å². The van der Waals surface area contributed by atoms with Crippen molar-refractivity contribution in [1.29, 1.82) is 0 Å². The molecule has 1 aromatic carbocycles. The Balaban J connectivity index is 3.17. The maximum absolute atomic E-state index is 8.73. The summed E-state index contributed by atoms with van der Waals surface area (Å²) in [6, 6.07) is 4.85. The van der Waals surface area contributed by atoms with Gasteiger partial charge in [0.25, 0.3) is 0 Å². The summed E-state index contributed by atoms with van der Waals surface area (Å²) in [6.07, 6.45) is 0. The van der Waals surface area contributed by atoms with E-state index in [1.165, 1.54) is 6.07 Å². The molecule has 0 fully saturated rings. The molecule has 1 radical (unpaired) electrons. The molecule has 4 N–H and O–H groups in total. The standard InChI is InChI=1S/C6H6NO2/c7-4-1-5(8)3-6(9)2-4/h1,3,8-9H,7H2. The zero-order valence-electron chi connectivity index (χ0n) is 4.63. The number of rotatable bonds is 0. The van der Waals surface area contributed by atoms with E-state index in [0.717, 1.165) is 6.07 Å². The number of hydrogen-bond acceptors (Lipinski definition) is 3. The van der Waals surface area contributed by atoms with E-state index >= 15 is 0 Å². The Labute approximate surface area is 52.4 Å². The van der Waals surface area contributed by atoms with Crippen molar-refractivity contribution in [2.24, 2.45) is 0 Å². The lowest BCUT2D eigenvalue weighted by Crippen LogP contribution is -1.82. The quantitative estimate of drug-likeness (QED) is 0.441. The highest BCUT2D eigenvalue weighted by molar-refractivity contribution is 5.47. The van der Waals surface area contributed by atoms with E-state index in [0.29, 0.717) is 0 Å². The molecule has 3 nitrogen and oxygen atoms in total. The first kappa shape index (κ1) is 5.75. The number of aromatic hydroxyl groups is 2. The van der Waals surface area contributed by atoms with Crippen molar-refractivity contribution in [2.75, 3.05) is 5.73 Å². The zero-order valence-corrected chi connectivity index (χ0v) is 4.63. The number of nitrogen functional groups attached to an aromatic ring is 1. The molecule has 0 saturated heterocycles. The highest BCUT2D eigenvalue weighted by Gasteiger charge is 1.93. The van der Waals surface area contributed by atoms with Gasteiger partial charge in [-0.25, -0.2) is 0 Å². The fourth-order valence-electron chi connectivity index (χ4n) is 0.561. The Morgan fingerprint density at radius 1 is 1.33 bits per heavy atom. The smallest absolute Gasteiger partial charge is 0.129 e. The van der Waals surface area contributed by atoms with Crippen molar-refractivity contribution in [3.63, 3.8) is 0 Å². The molecule has 0 unspecified atom stereocenters. The predicted octanol–water partition coefficient (Wildman–Crippen LogP) is 0.480. The average molecular weight is 124 g/mol. The van der Waals surface area contributed by atoms with Crippen LogP contribution >= 0.6 is 0 Å². The molecular weight excluding hydrogens is 118 g/mol. The number of hydrogen-bond donors (Lipinski definition) is 3. The number of nitrogens with two attached hydrogens (primary N) is 1. The van der Waals surface area contributed by atoms with Crippen molar-refractivity contribution in [3.8, 4) is 11.5 Å². The van der Waals surface area contributed by atoms with Crippen LogP contribution in [-0.2, 0) is 0 Å². The van der Waals surface area contributed by atoms with Crippen LogP contribution in [0.5, 0.6) is 11.5 Å². The van der Waals surface area contributed by atoms with Gasteiger partial charge in [0.2, 0.25) is 0 Å². The molecule has 0 spiro atoms. The van der Waals surface area contributed by atoms with Gasteiger partial charge in [0.1, 0.15) is 11.5 Å². The van der Waals surface area contributed by atoms with Crippen LogP contribution in [0.3, 0.4) is 0 Å². The van der Waals surface area contributed by atoms with E-state index in [-0.39, 0.29) is 17.2 Å². The van der Waals surface area contributed by atoms with Crippen LogP contribution in [0.25, 0.3) is 0 Å². The fourth-order valence-corrected chi connectivity index (χ4v) is 0.561. The van der Waals surface area contributed by atoms with Gasteiger partial charge in [-0.15, -0.1) is 0 Å². The molecular formula is C6H6NO2. The molecule has 0 aromatic heterocycles. The lowest BCUT2D eigenvalue weighted by Gasteiger charge is -1.94. The van der Waals surface area contributed by atoms with Crippen molar-refractivity contribution in [1.82, 2.24) is 0 Å². The van der Waals surface area contributed by atoms with Crippen molar-refractivity contribution >= 4 is 5.69 Å². The summed E-state index contributed by atoms with van der Waals surface area (Å²) in [7, 11) is 0. The fraction of sp³-hybridized carbons (Fsp3) is 0. The second-order valence-corrected chi connectivity index (χ2v) is 1.68. The second-order valence-electron chi connectivity index (χ2n) is 1.68. The van der Waals surface area contributed by atoms with E-state index in [1.54, 1.807) is 0 Å². The van der Waals surface area contributed by atoms with Gasteiger partial charge in [-0.1, -0.05) is 0 Å². The van der Waals surface area contributed by atoms with E-state index in [9.17, 15) is 0 Å². The monoisotopic (exact) mass is 124 g/mol. The summed E-state index contributed by atoms with van der Waals surface area (Å²) in [4.78, 5) is 0. The molecule has 9 heavy (non-hydrogen) atoms. The maximum Gasteiger partial charge on any atom is 0.129 e. The first-order chi connectivity index (χ1) is 4.18. The molecule has 0 aliphatic heterocycles. The minimum Gasteiger partial charge on any atom is -0.508 e. The van der Waals surface area contributed by atoms with Crippen molar-refractivity contribution < 1.29 is 10.2 Å². The van der Waals surface area contributed by atoms with Crippen molar-refractivity contribution in [2.45, 2.75) is 0 Å². The van der Waals surface area contributed by atoms with Gasteiger partial charge in [0, 0.05) is 17.8 Å². The maximum atomic E-state index is 8.73. The average Bonchev–Trinajstić information content (AvgIpc) is 1.59. The SMILES string of the molecule is Nc1[c]c(O)cc(O)c1. The van der Waals surface area contributed by atoms with Gasteiger partial charge in [-0.2, -0.15) is 0 Å². The first-order valence-electron chi connectivity index (χ1n) is 2.39. The summed E-state index contributed by atoms with van der Waals surface area (Å²) < 4.78 is 0. The molecule has 0 aliphatic rings. The summed E-state index contributed by atoms with van der Waals surface area (Å²) in [5.74, 6) is -0.198. The van der Waals surface area contributed by atoms with E-state index in [1.807, 2.05) is 0 Å². The normalized spacial score (nSPS) is 9.33. The van der Waals surface area contributed by atoms with Gasteiger partial charge in [-0.05, 0) is 0 Å². The molecule has 47 valence electrons. The molecule has 0 amide bonds. The zero-order chi connectivity index (χ0) is 6.85. The first-order valence-corrected chi connectivity index (χ1v) is 2.39. The van der Waals surface area contributed by atoms with Gasteiger partial charge in [0.05, 0.1) is 6.07 Å². The summed E-state index contributed by atoms with van der Waals surface area (Å²) >= 11 is 0.